The number of aromatic hydroxyl groups is 1. The molecule has 2 rings (SSSR count). The van der Waals surface area contributed by atoms with Gasteiger partial charge in [-0.3, -0.25) is 19.3 Å². The molecule has 38 heavy (non-hydrogen) atoms. The normalized spacial score (nSPS) is 11.2. The van der Waals surface area contributed by atoms with Crippen LogP contribution in [0.15, 0.2) is 24.3 Å². The number of nitrogens with zero attached hydrogens (tertiary/aromatic N) is 2. The van der Waals surface area contributed by atoms with Crippen molar-refractivity contribution < 1.29 is 29.0 Å². The molecule has 10 nitrogen and oxygen atoms in total. The number of hydrogen-bond acceptors (Lipinski definition) is 8. The van der Waals surface area contributed by atoms with Crippen molar-refractivity contribution in [2.75, 3.05) is 26.8 Å². The number of amides is 2. The molecule has 0 saturated heterocycles. The zero-order valence-electron chi connectivity index (χ0n) is 22.6. The number of nitrogens with two attached hydrogens (primary N) is 2. The van der Waals surface area contributed by atoms with Gasteiger partial charge in [0.2, 0.25) is 5.91 Å². The number of ether oxygens (including phenoxy) is 2. The lowest BCUT2D eigenvalue weighted by molar-refractivity contribution is -0.118. The summed E-state index contributed by atoms with van der Waals surface area (Å²) in [7, 11) is 1.73. The number of benzene rings is 2. The smallest absolute Gasteiger partial charge is 0.252 e. The van der Waals surface area contributed by atoms with Crippen LogP contribution in [0.4, 0.5) is 0 Å². The number of primary amides is 2. The SMILES string of the molecule is CCOc1cc(CN(C)CC(=O)c2cc(OCCCC(N)=O)c(O)c(C(C)(C)C)c2)c(C#N)cc1C(N)=O. The molecule has 0 aromatic heterocycles. The quantitative estimate of drug-likeness (QED) is 0.265. The van der Waals surface area contributed by atoms with Crippen molar-refractivity contribution in [3.8, 4) is 23.3 Å². The van der Waals surface area contributed by atoms with Crippen molar-refractivity contribution in [2.24, 2.45) is 11.5 Å². The number of rotatable bonds is 13. The first-order valence-corrected chi connectivity index (χ1v) is 12.3. The molecule has 0 fully saturated rings. The van der Waals surface area contributed by atoms with E-state index < -0.39 is 17.2 Å². The second-order valence-corrected chi connectivity index (χ2v) is 10.0. The van der Waals surface area contributed by atoms with Crippen LogP contribution >= 0.6 is 0 Å². The van der Waals surface area contributed by atoms with E-state index in [4.69, 9.17) is 20.9 Å². The van der Waals surface area contributed by atoms with Gasteiger partial charge >= 0.3 is 0 Å². The standard InChI is InChI=1S/C28H36N4O6/c1-6-37-23-13-19(18(14-29)10-20(23)27(31)36)15-32(5)16-22(33)17-11-21(28(2,3)4)26(35)24(12-17)38-9-7-8-25(30)34/h10-13,35H,6-9,15-16H2,1-5H3,(H2,30,34)(H2,31,36). The first-order valence-electron chi connectivity index (χ1n) is 12.3. The molecule has 0 aliphatic carbocycles. The Morgan fingerprint density at radius 3 is 2.32 bits per heavy atom. The molecule has 2 amide bonds. The van der Waals surface area contributed by atoms with E-state index in [0.29, 0.717) is 29.7 Å². The molecule has 0 atom stereocenters. The highest BCUT2D eigenvalue weighted by Crippen LogP contribution is 2.39. The highest BCUT2D eigenvalue weighted by atomic mass is 16.5. The molecule has 0 radical (unpaired) electrons. The Morgan fingerprint density at radius 2 is 1.76 bits per heavy atom. The minimum absolute atomic E-state index is 0.00187. The molecule has 204 valence electrons. The van der Waals surface area contributed by atoms with Gasteiger partial charge in [-0.2, -0.15) is 5.26 Å². The average molecular weight is 525 g/mol. The first-order chi connectivity index (χ1) is 17.8. The van der Waals surface area contributed by atoms with Crippen LogP contribution in [-0.2, 0) is 16.8 Å². The zero-order valence-corrected chi connectivity index (χ0v) is 22.6. The van der Waals surface area contributed by atoms with Gasteiger partial charge in [-0.1, -0.05) is 20.8 Å². The van der Waals surface area contributed by atoms with Gasteiger partial charge in [0.05, 0.1) is 37.0 Å². The van der Waals surface area contributed by atoms with Crippen LogP contribution in [0, 0.1) is 11.3 Å². The van der Waals surface area contributed by atoms with E-state index in [1.807, 2.05) is 20.8 Å². The third-order valence-electron chi connectivity index (χ3n) is 5.77. The number of Topliss-reactive ketones (excluding diaryl/α,β-unsaturated/α-hetero) is 1. The molecule has 2 aromatic carbocycles. The maximum atomic E-state index is 13.3. The molecule has 0 unspecified atom stereocenters. The van der Waals surface area contributed by atoms with E-state index in [9.17, 15) is 24.8 Å². The van der Waals surface area contributed by atoms with E-state index in [0.717, 1.165) is 0 Å². The van der Waals surface area contributed by atoms with Crippen LogP contribution in [0.25, 0.3) is 0 Å². The lowest BCUT2D eigenvalue weighted by Crippen LogP contribution is -2.26. The Labute approximate surface area is 223 Å². The van der Waals surface area contributed by atoms with Crippen molar-refractivity contribution in [2.45, 2.75) is 52.5 Å². The van der Waals surface area contributed by atoms with E-state index in [1.165, 1.54) is 12.1 Å². The fourth-order valence-electron chi connectivity index (χ4n) is 3.89. The minimum atomic E-state index is -0.699. The largest absolute Gasteiger partial charge is 0.504 e. The lowest BCUT2D eigenvalue weighted by atomic mass is 9.84. The summed E-state index contributed by atoms with van der Waals surface area (Å²) in [5.74, 6) is -0.995. The van der Waals surface area contributed by atoms with Gasteiger partial charge in [0.1, 0.15) is 5.75 Å². The first kappa shape index (κ1) is 30.1. The number of nitriles is 1. The number of likely N-dealkylation sites (N-methyl/N-ethyl adjacent to an activating group) is 1. The van der Waals surface area contributed by atoms with Gasteiger partial charge in [-0.15, -0.1) is 0 Å². The number of phenols is 1. The van der Waals surface area contributed by atoms with Gasteiger partial charge < -0.3 is 26.0 Å². The van der Waals surface area contributed by atoms with Gasteiger partial charge in [0, 0.05) is 24.1 Å². The highest BCUT2D eigenvalue weighted by molar-refractivity contribution is 5.98. The predicted molar refractivity (Wildman–Crippen MR) is 142 cm³/mol. The average Bonchev–Trinajstić information content (AvgIpc) is 2.81. The molecule has 0 saturated carbocycles. The van der Waals surface area contributed by atoms with E-state index in [-0.39, 0.29) is 60.3 Å². The summed E-state index contributed by atoms with van der Waals surface area (Å²) in [5, 5.41) is 20.4. The monoisotopic (exact) mass is 524 g/mol. The van der Waals surface area contributed by atoms with Crippen LogP contribution in [0.1, 0.15) is 77.9 Å². The second-order valence-electron chi connectivity index (χ2n) is 10.0. The van der Waals surface area contributed by atoms with Crippen LogP contribution in [0.5, 0.6) is 17.2 Å². The topological polar surface area (TPSA) is 169 Å². The molecular formula is C28H36N4O6. The van der Waals surface area contributed by atoms with E-state index >= 15 is 0 Å². The fourth-order valence-corrected chi connectivity index (χ4v) is 3.89. The number of ketones is 1. The van der Waals surface area contributed by atoms with Gasteiger partial charge in [-0.25, -0.2) is 0 Å². The number of phenolic OH excluding ortho intramolecular Hbond substituents is 1. The highest BCUT2D eigenvalue weighted by Gasteiger charge is 2.25. The molecule has 0 aliphatic rings. The summed E-state index contributed by atoms with van der Waals surface area (Å²) < 4.78 is 11.2. The van der Waals surface area contributed by atoms with Crippen molar-refractivity contribution >= 4 is 17.6 Å². The Balaban J connectivity index is 2.31. The molecule has 0 aliphatic heterocycles. The summed E-state index contributed by atoms with van der Waals surface area (Å²) in [6.45, 7) is 8.20. The molecule has 10 heteroatoms. The van der Waals surface area contributed by atoms with Crippen LogP contribution in [0.3, 0.4) is 0 Å². The summed E-state index contributed by atoms with van der Waals surface area (Å²) >= 11 is 0. The summed E-state index contributed by atoms with van der Waals surface area (Å²) in [4.78, 5) is 37.8. The molecule has 0 spiro atoms. The fraction of sp³-hybridized carbons (Fsp3) is 0.429. The molecule has 0 heterocycles. The van der Waals surface area contributed by atoms with Gasteiger partial charge in [0.15, 0.2) is 17.3 Å². The summed E-state index contributed by atoms with van der Waals surface area (Å²) in [6.07, 6.45) is 0.520. The number of carbonyl (C=O) groups is 3. The van der Waals surface area contributed by atoms with E-state index in [1.54, 1.807) is 31.0 Å². The third kappa shape index (κ3) is 7.95. The lowest BCUT2D eigenvalue weighted by Gasteiger charge is -2.24. The van der Waals surface area contributed by atoms with Crippen molar-refractivity contribution in [1.29, 1.82) is 5.26 Å². The second kappa shape index (κ2) is 12.9. The van der Waals surface area contributed by atoms with Crippen LogP contribution < -0.4 is 20.9 Å². The molecule has 5 N–H and O–H groups in total. The molecular weight excluding hydrogens is 488 g/mol. The van der Waals surface area contributed by atoms with Crippen molar-refractivity contribution in [1.82, 2.24) is 4.90 Å². The third-order valence-corrected chi connectivity index (χ3v) is 5.77. The maximum Gasteiger partial charge on any atom is 0.252 e. The Kier molecular flexibility index (Phi) is 10.2. The zero-order chi connectivity index (χ0) is 28.6. The predicted octanol–water partition coefficient (Wildman–Crippen LogP) is 3.02. The molecule has 2 aromatic rings. The van der Waals surface area contributed by atoms with Crippen LogP contribution in [-0.4, -0.2) is 54.4 Å². The number of carbonyl (C=O) groups excluding carboxylic acids is 3. The van der Waals surface area contributed by atoms with Gasteiger partial charge in [-0.05, 0) is 55.6 Å². The summed E-state index contributed by atoms with van der Waals surface area (Å²) in [6, 6.07) is 8.20. The molecule has 0 bridgehead atoms. The Morgan fingerprint density at radius 1 is 1.08 bits per heavy atom. The maximum absolute atomic E-state index is 13.3. The van der Waals surface area contributed by atoms with Crippen molar-refractivity contribution in [3.63, 3.8) is 0 Å². The minimum Gasteiger partial charge on any atom is -0.504 e. The summed E-state index contributed by atoms with van der Waals surface area (Å²) in [5.41, 5.74) is 12.0. The Bertz CT molecular complexity index is 1240. The van der Waals surface area contributed by atoms with Crippen LogP contribution in [0.2, 0.25) is 0 Å². The van der Waals surface area contributed by atoms with E-state index in [2.05, 4.69) is 6.07 Å². The number of hydrogen-bond donors (Lipinski definition) is 3. The van der Waals surface area contributed by atoms with Crippen molar-refractivity contribution in [3.05, 3.63) is 52.1 Å². The van der Waals surface area contributed by atoms with Gasteiger partial charge in [0.25, 0.3) is 5.91 Å². The Hall–Kier alpha value is -4.10.